The summed E-state index contributed by atoms with van der Waals surface area (Å²) in [6, 6.07) is 6.02. The van der Waals surface area contributed by atoms with E-state index in [2.05, 4.69) is 15.5 Å². The number of nitrogens with zero attached hydrogens (tertiary/aromatic N) is 1. The first kappa shape index (κ1) is 18.9. The van der Waals surface area contributed by atoms with E-state index in [1.807, 2.05) is 0 Å². The average molecular weight is 363 g/mol. The number of benzene rings is 1. The van der Waals surface area contributed by atoms with Crippen LogP contribution in [0.1, 0.15) is 0 Å². The Morgan fingerprint density at radius 3 is 2.67 bits per heavy atom. The molecular formula is C15H20F3N3O2S. The number of para-hydroxylation sites is 1. The smallest absolute Gasteiger partial charge is 0.379 e. The Labute approximate surface area is 142 Å². The van der Waals surface area contributed by atoms with Crippen LogP contribution >= 0.6 is 11.8 Å². The third kappa shape index (κ3) is 6.98. The SMILES string of the molecule is O=C(NCCN1CCOCC1)Nc1ccccc1SCC(F)(F)F. The van der Waals surface area contributed by atoms with Gasteiger partial charge in [-0.05, 0) is 12.1 Å². The second kappa shape index (κ2) is 9.14. The van der Waals surface area contributed by atoms with E-state index in [4.69, 9.17) is 4.74 Å². The van der Waals surface area contributed by atoms with Crippen molar-refractivity contribution in [2.45, 2.75) is 11.1 Å². The number of hydrogen-bond acceptors (Lipinski definition) is 4. The first-order valence-electron chi connectivity index (χ1n) is 7.57. The molecule has 2 amide bonds. The largest absolute Gasteiger partial charge is 0.398 e. The number of morpholine rings is 1. The van der Waals surface area contributed by atoms with Crippen molar-refractivity contribution in [1.29, 1.82) is 0 Å². The fourth-order valence-electron chi connectivity index (χ4n) is 2.17. The highest BCUT2D eigenvalue weighted by Gasteiger charge is 2.27. The molecule has 0 saturated carbocycles. The van der Waals surface area contributed by atoms with E-state index in [1.165, 1.54) is 0 Å². The fraction of sp³-hybridized carbons (Fsp3) is 0.533. The van der Waals surface area contributed by atoms with Gasteiger partial charge in [-0.15, -0.1) is 11.8 Å². The van der Waals surface area contributed by atoms with Crippen molar-refractivity contribution >= 4 is 23.5 Å². The van der Waals surface area contributed by atoms with Crippen LogP contribution in [-0.4, -0.2) is 62.3 Å². The minimum Gasteiger partial charge on any atom is -0.379 e. The lowest BCUT2D eigenvalue weighted by molar-refractivity contribution is -0.105. The molecule has 2 rings (SSSR count). The summed E-state index contributed by atoms with van der Waals surface area (Å²) in [4.78, 5) is 14.5. The third-order valence-electron chi connectivity index (χ3n) is 3.34. The van der Waals surface area contributed by atoms with Gasteiger partial charge in [-0.1, -0.05) is 12.1 Å². The molecular weight excluding hydrogens is 343 g/mol. The first-order valence-corrected chi connectivity index (χ1v) is 8.56. The summed E-state index contributed by atoms with van der Waals surface area (Å²) in [7, 11) is 0. The second-order valence-electron chi connectivity index (χ2n) is 5.23. The van der Waals surface area contributed by atoms with Gasteiger partial charge in [0, 0.05) is 31.1 Å². The lowest BCUT2D eigenvalue weighted by atomic mass is 10.3. The Hall–Kier alpha value is -1.45. The standard InChI is InChI=1S/C15H20F3N3O2S/c16-15(17,18)11-24-13-4-2-1-3-12(13)20-14(22)19-5-6-21-7-9-23-10-8-21/h1-4H,5-11H2,(H2,19,20,22). The number of amides is 2. The number of hydrogen-bond donors (Lipinski definition) is 2. The molecule has 1 aromatic rings. The fourth-order valence-corrected chi connectivity index (χ4v) is 2.94. The normalized spacial score (nSPS) is 16.0. The van der Waals surface area contributed by atoms with Crippen molar-refractivity contribution in [2.24, 2.45) is 0 Å². The van der Waals surface area contributed by atoms with Crippen molar-refractivity contribution < 1.29 is 22.7 Å². The average Bonchev–Trinajstić information content (AvgIpc) is 2.54. The molecule has 0 aromatic heterocycles. The minimum atomic E-state index is -4.25. The van der Waals surface area contributed by atoms with Crippen molar-refractivity contribution in [3.05, 3.63) is 24.3 Å². The molecule has 134 valence electrons. The van der Waals surface area contributed by atoms with Gasteiger partial charge in [-0.3, -0.25) is 4.90 Å². The quantitative estimate of drug-likeness (QED) is 0.763. The summed E-state index contributed by atoms with van der Waals surface area (Å²) in [5, 5.41) is 5.32. The van der Waals surface area contributed by atoms with Crippen LogP contribution in [0.15, 0.2) is 29.2 Å². The number of carbonyl (C=O) groups is 1. The van der Waals surface area contributed by atoms with Gasteiger partial charge in [0.1, 0.15) is 0 Å². The van der Waals surface area contributed by atoms with Crippen LogP contribution in [0.4, 0.5) is 23.7 Å². The third-order valence-corrected chi connectivity index (χ3v) is 4.48. The summed E-state index contributed by atoms with van der Waals surface area (Å²) >= 11 is 0.653. The van der Waals surface area contributed by atoms with Crippen molar-refractivity contribution in [3.8, 4) is 0 Å². The number of carbonyl (C=O) groups excluding carboxylic acids is 1. The predicted octanol–water partition coefficient (Wildman–Crippen LogP) is 2.79. The molecule has 5 nitrogen and oxygen atoms in total. The van der Waals surface area contributed by atoms with E-state index in [9.17, 15) is 18.0 Å². The number of ether oxygens (including phenoxy) is 1. The number of thioether (sulfide) groups is 1. The maximum Gasteiger partial charge on any atom is 0.398 e. The molecule has 9 heteroatoms. The Morgan fingerprint density at radius 2 is 1.96 bits per heavy atom. The van der Waals surface area contributed by atoms with Crippen molar-refractivity contribution in [2.75, 3.05) is 50.5 Å². The van der Waals surface area contributed by atoms with Gasteiger partial charge >= 0.3 is 12.2 Å². The van der Waals surface area contributed by atoms with E-state index in [1.54, 1.807) is 24.3 Å². The van der Waals surface area contributed by atoms with Gasteiger partial charge in [-0.25, -0.2) is 4.79 Å². The van der Waals surface area contributed by atoms with Crippen LogP contribution in [0, 0.1) is 0 Å². The number of urea groups is 1. The second-order valence-corrected chi connectivity index (χ2v) is 6.25. The predicted molar refractivity (Wildman–Crippen MR) is 87.5 cm³/mol. The lowest BCUT2D eigenvalue weighted by Crippen LogP contribution is -2.42. The molecule has 0 bridgehead atoms. The zero-order chi connectivity index (χ0) is 17.4. The molecule has 1 heterocycles. The van der Waals surface area contributed by atoms with E-state index in [-0.39, 0.29) is 0 Å². The Kier molecular flexibility index (Phi) is 7.19. The van der Waals surface area contributed by atoms with Gasteiger partial charge < -0.3 is 15.4 Å². The molecule has 0 aliphatic carbocycles. The summed E-state index contributed by atoms with van der Waals surface area (Å²) in [6.45, 7) is 4.22. The molecule has 1 fully saturated rings. The number of anilines is 1. The molecule has 0 atom stereocenters. The summed E-state index contributed by atoms with van der Waals surface area (Å²) in [5.74, 6) is -0.996. The van der Waals surface area contributed by atoms with Crippen LogP contribution in [0.25, 0.3) is 0 Å². The van der Waals surface area contributed by atoms with Gasteiger partial charge in [0.25, 0.3) is 0 Å². The Balaban J connectivity index is 1.78. The topological polar surface area (TPSA) is 53.6 Å². The highest BCUT2D eigenvalue weighted by molar-refractivity contribution is 7.99. The molecule has 0 spiro atoms. The molecule has 1 aliphatic rings. The molecule has 24 heavy (non-hydrogen) atoms. The van der Waals surface area contributed by atoms with E-state index in [0.717, 1.165) is 13.1 Å². The molecule has 1 aromatic carbocycles. The summed E-state index contributed by atoms with van der Waals surface area (Å²) in [6.07, 6.45) is -4.25. The molecule has 2 N–H and O–H groups in total. The van der Waals surface area contributed by atoms with Gasteiger partial charge in [0.15, 0.2) is 0 Å². The summed E-state index contributed by atoms with van der Waals surface area (Å²) in [5.41, 5.74) is 0.371. The summed E-state index contributed by atoms with van der Waals surface area (Å²) < 4.78 is 42.3. The van der Waals surface area contributed by atoms with Gasteiger partial charge in [0.2, 0.25) is 0 Å². The van der Waals surface area contributed by atoms with Crippen LogP contribution in [0.3, 0.4) is 0 Å². The highest BCUT2D eigenvalue weighted by Crippen LogP contribution is 2.31. The van der Waals surface area contributed by atoms with E-state index in [0.29, 0.717) is 48.6 Å². The van der Waals surface area contributed by atoms with Crippen molar-refractivity contribution in [1.82, 2.24) is 10.2 Å². The number of rotatable bonds is 6. The molecule has 0 unspecified atom stereocenters. The molecule has 0 radical (unpaired) electrons. The molecule has 1 aliphatic heterocycles. The van der Waals surface area contributed by atoms with Crippen LogP contribution in [0.2, 0.25) is 0 Å². The van der Waals surface area contributed by atoms with Gasteiger partial charge in [0.05, 0.1) is 24.7 Å². The van der Waals surface area contributed by atoms with Crippen LogP contribution in [0.5, 0.6) is 0 Å². The number of alkyl halides is 3. The van der Waals surface area contributed by atoms with E-state index < -0.39 is 18.0 Å². The minimum absolute atomic E-state index is 0.371. The highest BCUT2D eigenvalue weighted by atomic mass is 32.2. The molecule has 1 saturated heterocycles. The number of halogens is 3. The Bertz CT molecular complexity index is 537. The monoisotopic (exact) mass is 363 g/mol. The van der Waals surface area contributed by atoms with Crippen LogP contribution in [-0.2, 0) is 4.74 Å². The first-order chi connectivity index (χ1) is 11.4. The van der Waals surface area contributed by atoms with Crippen LogP contribution < -0.4 is 10.6 Å². The zero-order valence-electron chi connectivity index (χ0n) is 13.1. The van der Waals surface area contributed by atoms with Gasteiger partial charge in [-0.2, -0.15) is 13.2 Å². The lowest BCUT2D eigenvalue weighted by Gasteiger charge is -2.26. The zero-order valence-corrected chi connectivity index (χ0v) is 13.9. The maximum atomic E-state index is 12.3. The van der Waals surface area contributed by atoms with E-state index >= 15 is 0 Å². The maximum absolute atomic E-state index is 12.3. The Morgan fingerprint density at radius 1 is 1.25 bits per heavy atom. The van der Waals surface area contributed by atoms with Crippen molar-refractivity contribution in [3.63, 3.8) is 0 Å². The number of nitrogens with one attached hydrogen (secondary N) is 2.